The summed E-state index contributed by atoms with van der Waals surface area (Å²) in [5.41, 5.74) is 1.10. The Morgan fingerprint density at radius 1 is 1.64 bits per heavy atom. The highest BCUT2D eigenvalue weighted by Gasteiger charge is 2.23. The monoisotopic (exact) mass is 193 g/mol. The molecule has 0 aromatic rings. The smallest absolute Gasteiger partial charge is 0.0287 e. The zero-order chi connectivity index (χ0) is 10.6. The predicted octanol–water partition coefficient (Wildman–Crippen LogP) is 3.44. The van der Waals surface area contributed by atoms with Gasteiger partial charge in [0.1, 0.15) is 0 Å². The van der Waals surface area contributed by atoms with Gasteiger partial charge in [-0.1, -0.05) is 33.4 Å². The lowest BCUT2D eigenvalue weighted by Crippen LogP contribution is -2.36. The van der Waals surface area contributed by atoms with Crippen LogP contribution in [0.1, 0.15) is 33.1 Å². The molecule has 0 saturated carbocycles. The zero-order valence-corrected chi connectivity index (χ0v) is 9.63. The maximum Gasteiger partial charge on any atom is 0.0287 e. The Morgan fingerprint density at radius 3 is 2.93 bits per heavy atom. The normalized spacial score (nSPS) is 24.4. The van der Waals surface area contributed by atoms with E-state index in [-0.39, 0.29) is 0 Å². The SMILES string of the molecule is C=CC(=C)N1CCCC(C(C)CC)C1. The average Bonchev–Trinajstić information content (AvgIpc) is 2.27. The molecule has 1 heteroatoms. The highest BCUT2D eigenvalue weighted by molar-refractivity contribution is 5.10. The molecule has 1 aliphatic rings. The van der Waals surface area contributed by atoms with E-state index in [4.69, 9.17) is 0 Å². The number of nitrogens with zero attached hydrogens (tertiary/aromatic N) is 1. The zero-order valence-electron chi connectivity index (χ0n) is 9.63. The van der Waals surface area contributed by atoms with E-state index in [9.17, 15) is 0 Å². The van der Waals surface area contributed by atoms with E-state index < -0.39 is 0 Å². The van der Waals surface area contributed by atoms with Gasteiger partial charge in [-0.15, -0.1) is 0 Å². The van der Waals surface area contributed by atoms with Gasteiger partial charge < -0.3 is 4.90 Å². The molecule has 1 nitrogen and oxygen atoms in total. The first kappa shape index (κ1) is 11.4. The Bertz CT molecular complexity index is 207. The van der Waals surface area contributed by atoms with Crippen LogP contribution in [-0.2, 0) is 0 Å². The van der Waals surface area contributed by atoms with Crippen molar-refractivity contribution < 1.29 is 0 Å². The summed E-state index contributed by atoms with van der Waals surface area (Å²) in [6.45, 7) is 14.8. The van der Waals surface area contributed by atoms with E-state index in [0.717, 1.165) is 24.1 Å². The van der Waals surface area contributed by atoms with Crippen molar-refractivity contribution in [1.29, 1.82) is 0 Å². The van der Waals surface area contributed by atoms with Gasteiger partial charge in [-0.25, -0.2) is 0 Å². The van der Waals surface area contributed by atoms with Gasteiger partial charge in [-0.2, -0.15) is 0 Å². The van der Waals surface area contributed by atoms with E-state index in [1.807, 2.05) is 6.08 Å². The fourth-order valence-corrected chi connectivity index (χ4v) is 2.20. The third kappa shape index (κ3) is 2.63. The van der Waals surface area contributed by atoms with Crippen molar-refractivity contribution >= 4 is 0 Å². The van der Waals surface area contributed by atoms with Crippen LogP contribution in [-0.4, -0.2) is 18.0 Å². The van der Waals surface area contributed by atoms with Crippen molar-refractivity contribution in [2.24, 2.45) is 11.8 Å². The van der Waals surface area contributed by atoms with Crippen LogP contribution in [0.4, 0.5) is 0 Å². The Labute approximate surface area is 88.5 Å². The molecule has 80 valence electrons. The van der Waals surface area contributed by atoms with Crippen molar-refractivity contribution in [2.45, 2.75) is 33.1 Å². The maximum atomic E-state index is 4.02. The lowest BCUT2D eigenvalue weighted by molar-refractivity contribution is 0.174. The summed E-state index contributed by atoms with van der Waals surface area (Å²) >= 11 is 0. The summed E-state index contributed by atoms with van der Waals surface area (Å²) in [5, 5.41) is 0. The highest BCUT2D eigenvalue weighted by atomic mass is 15.1. The second-order valence-corrected chi connectivity index (χ2v) is 4.43. The van der Waals surface area contributed by atoms with E-state index in [0.29, 0.717) is 0 Å². The molecule has 1 aliphatic heterocycles. The summed E-state index contributed by atoms with van der Waals surface area (Å²) in [7, 11) is 0. The fourth-order valence-electron chi connectivity index (χ4n) is 2.20. The molecule has 2 unspecified atom stereocenters. The van der Waals surface area contributed by atoms with Crippen LogP contribution in [0, 0.1) is 11.8 Å². The van der Waals surface area contributed by atoms with Crippen molar-refractivity contribution in [3.8, 4) is 0 Å². The minimum atomic E-state index is 0.843. The van der Waals surface area contributed by atoms with Gasteiger partial charge >= 0.3 is 0 Å². The van der Waals surface area contributed by atoms with Crippen LogP contribution >= 0.6 is 0 Å². The number of hydrogen-bond acceptors (Lipinski definition) is 1. The third-order valence-electron chi connectivity index (χ3n) is 3.55. The lowest BCUT2D eigenvalue weighted by Gasteiger charge is -2.37. The van der Waals surface area contributed by atoms with E-state index in [2.05, 4.69) is 31.9 Å². The number of allylic oxidation sites excluding steroid dienone is 1. The van der Waals surface area contributed by atoms with E-state index >= 15 is 0 Å². The van der Waals surface area contributed by atoms with Crippen LogP contribution < -0.4 is 0 Å². The molecule has 0 aromatic carbocycles. The maximum absolute atomic E-state index is 4.02. The molecule has 2 atom stereocenters. The molecule has 1 heterocycles. The Morgan fingerprint density at radius 2 is 2.36 bits per heavy atom. The largest absolute Gasteiger partial charge is 0.372 e. The van der Waals surface area contributed by atoms with Gasteiger partial charge in [-0.05, 0) is 30.8 Å². The second-order valence-electron chi connectivity index (χ2n) is 4.43. The molecule has 1 saturated heterocycles. The molecular weight excluding hydrogens is 170 g/mol. The van der Waals surface area contributed by atoms with Crippen molar-refractivity contribution in [3.63, 3.8) is 0 Å². The van der Waals surface area contributed by atoms with Gasteiger partial charge in [0, 0.05) is 18.8 Å². The quantitative estimate of drug-likeness (QED) is 0.618. The summed E-state index contributed by atoms with van der Waals surface area (Å²) < 4.78 is 0. The van der Waals surface area contributed by atoms with Crippen molar-refractivity contribution in [2.75, 3.05) is 13.1 Å². The van der Waals surface area contributed by atoms with Gasteiger partial charge in [0.2, 0.25) is 0 Å². The lowest BCUT2D eigenvalue weighted by atomic mass is 9.85. The molecule has 0 bridgehead atoms. The summed E-state index contributed by atoms with van der Waals surface area (Å²) in [6.07, 6.45) is 5.86. The molecule has 1 rings (SSSR count). The number of hydrogen-bond donors (Lipinski definition) is 0. The predicted molar refractivity (Wildman–Crippen MR) is 63.1 cm³/mol. The standard InChI is InChI=1S/C13H23N/c1-5-11(3)13-8-7-9-14(10-13)12(4)6-2/h6,11,13H,2,4-5,7-10H2,1,3H3. The first-order valence-electron chi connectivity index (χ1n) is 5.75. The van der Waals surface area contributed by atoms with E-state index in [1.54, 1.807) is 0 Å². The molecule has 0 aliphatic carbocycles. The van der Waals surface area contributed by atoms with Crippen LogP contribution in [0.5, 0.6) is 0 Å². The molecule has 0 spiro atoms. The molecule has 0 aromatic heterocycles. The van der Waals surface area contributed by atoms with Crippen LogP contribution in [0.25, 0.3) is 0 Å². The highest BCUT2D eigenvalue weighted by Crippen LogP contribution is 2.27. The summed E-state index contributed by atoms with van der Waals surface area (Å²) in [5.74, 6) is 1.70. The number of piperidine rings is 1. The van der Waals surface area contributed by atoms with Crippen LogP contribution in [0.15, 0.2) is 24.9 Å². The first-order chi connectivity index (χ1) is 6.69. The first-order valence-corrected chi connectivity index (χ1v) is 5.75. The molecule has 14 heavy (non-hydrogen) atoms. The van der Waals surface area contributed by atoms with Gasteiger partial charge in [0.05, 0.1) is 0 Å². The second kappa shape index (κ2) is 5.23. The summed E-state index contributed by atoms with van der Waals surface area (Å²) in [6, 6.07) is 0. The van der Waals surface area contributed by atoms with Crippen LogP contribution in [0.2, 0.25) is 0 Å². The fraction of sp³-hybridized carbons (Fsp3) is 0.692. The van der Waals surface area contributed by atoms with Gasteiger partial charge in [0.25, 0.3) is 0 Å². The Kier molecular flexibility index (Phi) is 4.24. The van der Waals surface area contributed by atoms with Crippen molar-refractivity contribution in [3.05, 3.63) is 24.9 Å². The van der Waals surface area contributed by atoms with E-state index in [1.165, 1.54) is 25.8 Å². The Balaban J connectivity index is 2.51. The minimum absolute atomic E-state index is 0.843. The Hall–Kier alpha value is -0.720. The topological polar surface area (TPSA) is 3.24 Å². The molecular formula is C13H23N. The van der Waals surface area contributed by atoms with Crippen molar-refractivity contribution in [1.82, 2.24) is 4.90 Å². The number of likely N-dealkylation sites (tertiary alicyclic amines) is 1. The third-order valence-corrected chi connectivity index (χ3v) is 3.55. The van der Waals surface area contributed by atoms with Gasteiger partial charge in [-0.3, -0.25) is 0 Å². The van der Waals surface area contributed by atoms with Gasteiger partial charge in [0.15, 0.2) is 0 Å². The molecule has 0 amide bonds. The molecule has 0 radical (unpaired) electrons. The summed E-state index contributed by atoms with van der Waals surface area (Å²) in [4.78, 5) is 2.38. The minimum Gasteiger partial charge on any atom is -0.372 e. The average molecular weight is 193 g/mol. The van der Waals surface area contributed by atoms with Crippen LogP contribution in [0.3, 0.4) is 0 Å². The number of rotatable bonds is 4. The molecule has 1 fully saturated rings. The molecule has 0 N–H and O–H groups in total.